The fourth-order valence-electron chi connectivity index (χ4n) is 3.13. The number of carbonyl (C=O) groups excluding carboxylic acids is 2. The lowest BCUT2D eigenvalue weighted by molar-refractivity contribution is -0.389. The van der Waals surface area contributed by atoms with Crippen LogP contribution >= 0.6 is 0 Å². The molecule has 29 heavy (non-hydrogen) atoms. The smallest absolute Gasteiger partial charge is 0.366 e. The second-order valence-electron chi connectivity index (χ2n) is 7.54. The van der Waals surface area contributed by atoms with E-state index in [9.17, 15) is 19.7 Å². The number of anilines is 2. The van der Waals surface area contributed by atoms with Crippen molar-refractivity contribution in [1.29, 1.82) is 0 Å². The Labute approximate surface area is 167 Å². The zero-order valence-electron chi connectivity index (χ0n) is 16.6. The Bertz CT molecular complexity index is 987. The summed E-state index contributed by atoms with van der Waals surface area (Å²) in [5.41, 5.74) is 0.379. The monoisotopic (exact) mass is 398 g/mol. The van der Waals surface area contributed by atoms with Crippen molar-refractivity contribution in [3.63, 3.8) is 0 Å². The van der Waals surface area contributed by atoms with E-state index in [2.05, 4.69) is 10.3 Å². The predicted molar refractivity (Wildman–Crippen MR) is 107 cm³/mol. The quantitative estimate of drug-likeness (QED) is 0.611. The molecule has 152 valence electrons. The summed E-state index contributed by atoms with van der Waals surface area (Å²) in [6.07, 6.45) is 0. The summed E-state index contributed by atoms with van der Waals surface area (Å²) >= 11 is 0. The highest BCUT2D eigenvalue weighted by molar-refractivity contribution is 6.07. The molecule has 0 unspecified atom stereocenters. The highest BCUT2D eigenvalue weighted by Crippen LogP contribution is 2.37. The van der Waals surface area contributed by atoms with Crippen LogP contribution in [-0.4, -0.2) is 33.9 Å². The Morgan fingerprint density at radius 1 is 1.28 bits per heavy atom. The Morgan fingerprint density at radius 2 is 1.97 bits per heavy atom. The van der Waals surface area contributed by atoms with Gasteiger partial charge in [-0.2, -0.15) is 0 Å². The first-order chi connectivity index (χ1) is 13.6. The third-order valence-corrected chi connectivity index (χ3v) is 4.55. The number of ether oxygens (including phenoxy) is 1. The van der Waals surface area contributed by atoms with Crippen LogP contribution in [0.1, 0.15) is 39.2 Å². The third-order valence-electron chi connectivity index (χ3n) is 4.55. The summed E-state index contributed by atoms with van der Waals surface area (Å²) in [5, 5.41) is 13.9. The summed E-state index contributed by atoms with van der Waals surface area (Å²) in [5.74, 6) is -1.03. The number of hydrogen-bond donors (Lipinski definition) is 1. The van der Waals surface area contributed by atoms with E-state index in [0.717, 1.165) is 10.5 Å². The van der Waals surface area contributed by atoms with Crippen molar-refractivity contribution in [2.24, 2.45) is 0 Å². The molecule has 9 heteroatoms. The van der Waals surface area contributed by atoms with Gasteiger partial charge >= 0.3 is 5.82 Å². The van der Waals surface area contributed by atoms with Gasteiger partial charge < -0.3 is 20.2 Å². The van der Waals surface area contributed by atoms with Gasteiger partial charge in [-0.15, -0.1) is 0 Å². The van der Waals surface area contributed by atoms with Gasteiger partial charge in [-0.05, 0) is 47.4 Å². The fourth-order valence-corrected chi connectivity index (χ4v) is 3.13. The summed E-state index contributed by atoms with van der Waals surface area (Å²) in [6.45, 7) is 6.81. The first-order valence-electron chi connectivity index (χ1n) is 9.15. The zero-order valence-corrected chi connectivity index (χ0v) is 16.6. The van der Waals surface area contributed by atoms with Crippen LogP contribution in [0, 0.1) is 10.1 Å². The third kappa shape index (κ3) is 4.03. The minimum Gasteiger partial charge on any atom is -0.472 e. The molecule has 0 atom stereocenters. The number of benzene rings is 1. The van der Waals surface area contributed by atoms with Crippen LogP contribution in [-0.2, 0) is 9.59 Å². The molecule has 3 rings (SSSR count). The van der Waals surface area contributed by atoms with Gasteiger partial charge in [0, 0.05) is 11.8 Å². The molecule has 0 radical (unpaired) electrons. The molecule has 0 saturated heterocycles. The highest BCUT2D eigenvalue weighted by Gasteiger charge is 2.45. The molecule has 1 aliphatic heterocycles. The molecule has 0 spiro atoms. The molecule has 0 fully saturated rings. The molecule has 0 saturated carbocycles. The van der Waals surface area contributed by atoms with Crippen molar-refractivity contribution in [2.45, 2.75) is 39.2 Å². The number of aromatic nitrogens is 1. The number of nitrogens with one attached hydrogen (secondary N) is 1. The minimum absolute atomic E-state index is 0.0455. The Balaban J connectivity index is 1.92. The van der Waals surface area contributed by atoms with E-state index in [1.54, 1.807) is 19.9 Å². The van der Waals surface area contributed by atoms with Crippen LogP contribution in [0.4, 0.5) is 17.3 Å². The molecule has 2 heterocycles. The molecule has 0 bridgehead atoms. The molecule has 1 aromatic carbocycles. The topological polar surface area (TPSA) is 115 Å². The van der Waals surface area contributed by atoms with Crippen LogP contribution in [0.15, 0.2) is 36.4 Å². The molecule has 1 aliphatic rings. The van der Waals surface area contributed by atoms with Crippen molar-refractivity contribution in [3.8, 4) is 5.75 Å². The summed E-state index contributed by atoms with van der Waals surface area (Å²) in [7, 11) is 0. The molecule has 9 nitrogen and oxygen atoms in total. The Hall–Kier alpha value is -3.49. The number of carbonyl (C=O) groups is 2. The molecule has 2 aromatic rings. The van der Waals surface area contributed by atoms with Crippen molar-refractivity contribution in [1.82, 2.24) is 4.98 Å². The predicted octanol–water partition coefficient (Wildman–Crippen LogP) is 3.26. The largest absolute Gasteiger partial charge is 0.472 e. The van der Waals surface area contributed by atoms with E-state index in [1.165, 1.54) is 12.1 Å². The van der Waals surface area contributed by atoms with Gasteiger partial charge in [0.05, 0.1) is 0 Å². The maximum atomic E-state index is 12.9. The van der Waals surface area contributed by atoms with Gasteiger partial charge in [0.15, 0.2) is 11.4 Å². The number of nitro groups is 1. The standard InChI is InChI=1S/C20H22N4O5/c1-12(2)13-7-5-6-8-14(13)21-17(25)11-23-18-15(29-20(3,4)19(23)26)9-10-16(22-18)24(27)28/h5-10,12H,11H2,1-4H3,(H,21,25). The number of fused-ring (bicyclic) bond motifs is 1. The van der Waals surface area contributed by atoms with Gasteiger partial charge in [-0.25, -0.2) is 0 Å². The molecular weight excluding hydrogens is 376 g/mol. The maximum Gasteiger partial charge on any atom is 0.366 e. The van der Waals surface area contributed by atoms with Gasteiger partial charge in [-0.3, -0.25) is 14.5 Å². The second kappa shape index (κ2) is 7.50. The minimum atomic E-state index is -1.24. The van der Waals surface area contributed by atoms with E-state index in [0.29, 0.717) is 5.69 Å². The van der Waals surface area contributed by atoms with Crippen LogP contribution in [0.25, 0.3) is 0 Å². The van der Waals surface area contributed by atoms with E-state index < -0.39 is 28.2 Å². The van der Waals surface area contributed by atoms with Gasteiger partial charge in [0.2, 0.25) is 5.91 Å². The molecule has 1 N–H and O–H groups in total. The number of para-hydroxylation sites is 1. The SMILES string of the molecule is CC(C)c1ccccc1NC(=O)CN1C(=O)C(C)(C)Oc2ccc([N+](=O)[O-])nc21. The Morgan fingerprint density at radius 3 is 2.62 bits per heavy atom. The van der Waals surface area contributed by atoms with Gasteiger partial charge in [0.25, 0.3) is 11.7 Å². The molecule has 2 amide bonds. The van der Waals surface area contributed by atoms with Crippen molar-refractivity contribution < 1.29 is 19.2 Å². The number of amides is 2. The Kier molecular flexibility index (Phi) is 5.23. The number of rotatable bonds is 5. The van der Waals surface area contributed by atoms with E-state index >= 15 is 0 Å². The molecular formula is C20H22N4O5. The average Bonchev–Trinajstić information content (AvgIpc) is 2.65. The van der Waals surface area contributed by atoms with Crippen LogP contribution < -0.4 is 15.0 Å². The zero-order chi connectivity index (χ0) is 21.3. The van der Waals surface area contributed by atoms with E-state index in [1.807, 2.05) is 32.0 Å². The summed E-state index contributed by atoms with van der Waals surface area (Å²) in [4.78, 5) is 41.1. The van der Waals surface area contributed by atoms with Gasteiger partial charge in [0.1, 0.15) is 6.54 Å². The van der Waals surface area contributed by atoms with Crippen LogP contribution in [0.2, 0.25) is 0 Å². The lowest BCUT2D eigenvalue weighted by atomic mass is 10.0. The van der Waals surface area contributed by atoms with E-state index in [4.69, 9.17) is 4.74 Å². The normalized spacial score (nSPS) is 14.9. The first kappa shape index (κ1) is 20.2. The lowest BCUT2D eigenvalue weighted by Crippen LogP contribution is -2.54. The first-order valence-corrected chi connectivity index (χ1v) is 9.15. The lowest BCUT2D eigenvalue weighted by Gasteiger charge is -2.35. The number of hydrogen-bond acceptors (Lipinski definition) is 6. The fraction of sp³-hybridized carbons (Fsp3) is 0.350. The van der Waals surface area contributed by atoms with Gasteiger partial charge in [-0.1, -0.05) is 32.0 Å². The average molecular weight is 398 g/mol. The maximum absolute atomic E-state index is 12.9. The van der Waals surface area contributed by atoms with Crippen LogP contribution in [0.5, 0.6) is 5.75 Å². The highest BCUT2D eigenvalue weighted by atomic mass is 16.6. The van der Waals surface area contributed by atoms with Crippen LogP contribution in [0.3, 0.4) is 0 Å². The summed E-state index contributed by atoms with van der Waals surface area (Å²) in [6, 6.07) is 9.98. The molecule has 1 aromatic heterocycles. The number of nitrogens with zero attached hydrogens (tertiary/aromatic N) is 3. The van der Waals surface area contributed by atoms with Crippen molar-refractivity contribution >= 4 is 29.1 Å². The number of pyridine rings is 1. The summed E-state index contributed by atoms with van der Waals surface area (Å²) < 4.78 is 5.64. The van der Waals surface area contributed by atoms with E-state index in [-0.39, 0.29) is 24.0 Å². The van der Waals surface area contributed by atoms with Crippen molar-refractivity contribution in [2.75, 3.05) is 16.8 Å². The molecule has 0 aliphatic carbocycles. The second-order valence-corrected chi connectivity index (χ2v) is 7.54. The van der Waals surface area contributed by atoms with Crippen molar-refractivity contribution in [3.05, 3.63) is 52.1 Å².